The molecule has 0 fully saturated rings. The molecule has 0 aliphatic carbocycles. The molecule has 1 amide bonds. The highest BCUT2D eigenvalue weighted by Gasteiger charge is 2.09. The second kappa shape index (κ2) is 7.66. The van der Waals surface area contributed by atoms with Crippen LogP contribution in [0.2, 0.25) is 5.15 Å². The summed E-state index contributed by atoms with van der Waals surface area (Å²) in [4.78, 5) is 25.8. The number of unbranched alkanes of at least 4 members (excludes halogenated alkanes) is 2. The van der Waals surface area contributed by atoms with Crippen LogP contribution in [0, 0.1) is 0 Å². The number of carbonyl (C=O) groups excluding carboxylic acids is 1. The summed E-state index contributed by atoms with van der Waals surface area (Å²) in [5, 5.41) is 11.3. The standard InChI is InChI=1S/C12H15ClN2O3/c13-11-9(5-4-8-14-11)12(18)15-7-3-1-2-6-10(16)17/h4-5,8H,1-3,6-7H2,(H,15,18)(H,16,17). The molecular formula is C12H15ClN2O3. The number of amides is 1. The summed E-state index contributed by atoms with van der Waals surface area (Å²) in [6, 6.07) is 3.25. The Balaban J connectivity index is 2.22. The Morgan fingerprint density at radius 3 is 2.78 bits per heavy atom. The van der Waals surface area contributed by atoms with Crippen LogP contribution in [0.3, 0.4) is 0 Å². The monoisotopic (exact) mass is 270 g/mol. The first-order valence-corrected chi connectivity index (χ1v) is 6.09. The van der Waals surface area contributed by atoms with Crippen molar-refractivity contribution in [2.75, 3.05) is 6.54 Å². The number of nitrogens with one attached hydrogen (secondary N) is 1. The SMILES string of the molecule is O=C(O)CCCCCNC(=O)c1cccnc1Cl. The third kappa shape index (κ3) is 5.14. The van der Waals surface area contributed by atoms with Crippen LogP contribution in [0.4, 0.5) is 0 Å². The number of hydrogen-bond acceptors (Lipinski definition) is 3. The van der Waals surface area contributed by atoms with Gasteiger partial charge in [-0.25, -0.2) is 4.98 Å². The summed E-state index contributed by atoms with van der Waals surface area (Å²) >= 11 is 5.78. The smallest absolute Gasteiger partial charge is 0.303 e. The maximum Gasteiger partial charge on any atom is 0.303 e. The number of rotatable bonds is 7. The molecule has 6 heteroatoms. The fourth-order valence-electron chi connectivity index (χ4n) is 1.43. The van der Waals surface area contributed by atoms with Gasteiger partial charge in [0.05, 0.1) is 5.56 Å². The Morgan fingerprint density at radius 1 is 1.33 bits per heavy atom. The molecular weight excluding hydrogens is 256 g/mol. The first kappa shape index (κ1) is 14.4. The average molecular weight is 271 g/mol. The largest absolute Gasteiger partial charge is 0.481 e. The molecule has 0 spiro atoms. The van der Waals surface area contributed by atoms with Crippen LogP contribution >= 0.6 is 11.6 Å². The van der Waals surface area contributed by atoms with Gasteiger partial charge in [0.2, 0.25) is 0 Å². The molecule has 98 valence electrons. The molecule has 1 aromatic heterocycles. The molecule has 0 saturated heterocycles. The number of carboxylic acid groups (broad SMARTS) is 1. The second-order valence-electron chi connectivity index (χ2n) is 3.80. The van der Waals surface area contributed by atoms with Crippen molar-refractivity contribution in [1.82, 2.24) is 10.3 Å². The molecule has 5 nitrogen and oxygen atoms in total. The van der Waals surface area contributed by atoms with E-state index in [-0.39, 0.29) is 17.5 Å². The maximum absolute atomic E-state index is 11.7. The van der Waals surface area contributed by atoms with E-state index in [0.29, 0.717) is 18.5 Å². The molecule has 1 rings (SSSR count). The fourth-order valence-corrected chi connectivity index (χ4v) is 1.64. The first-order valence-electron chi connectivity index (χ1n) is 5.72. The van der Waals surface area contributed by atoms with Crippen LogP contribution in [0.25, 0.3) is 0 Å². The van der Waals surface area contributed by atoms with E-state index in [9.17, 15) is 9.59 Å². The van der Waals surface area contributed by atoms with Gasteiger partial charge >= 0.3 is 5.97 Å². The average Bonchev–Trinajstić information content (AvgIpc) is 2.33. The predicted molar refractivity (Wildman–Crippen MR) is 67.7 cm³/mol. The Kier molecular flexibility index (Phi) is 6.14. The highest BCUT2D eigenvalue weighted by molar-refractivity contribution is 6.32. The Hall–Kier alpha value is -1.62. The lowest BCUT2D eigenvalue weighted by Crippen LogP contribution is -2.24. The van der Waals surface area contributed by atoms with Gasteiger partial charge in [0.25, 0.3) is 5.91 Å². The molecule has 18 heavy (non-hydrogen) atoms. The number of carboxylic acids is 1. The Labute approximate surface area is 110 Å². The maximum atomic E-state index is 11.7. The van der Waals surface area contributed by atoms with E-state index in [0.717, 1.165) is 12.8 Å². The van der Waals surface area contributed by atoms with E-state index in [1.54, 1.807) is 12.1 Å². The summed E-state index contributed by atoms with van der Waals surface area (Å²) in [5.41, 5.74) is 0.352. The van der Waals surface area contributed by atoms with Crippen molar-refractivity contribution in [3.05, 3.63) is 29.0 Å². The third-order valence-corrected chi connectivity index (χ3v) is 2.66. The van der Waals surface area contributed by atoms with Crippen molar-refractivity contribution in [1.29, 1.82) is 0 Å². The second-order valence-corrected chi connectivity index (χ2v) is 4.16. The normalized spacial score (nSPS) is 10.1. The topological polar surface area (TPSA) is 79.3 Å². The van der Waals surface area contributed by atoms with Gasteiger partial charge in [0.1, 0.15) is 5.15 Å². The molecule has 0 aliphatic heterocycles. The van der Waals surface area contributed by atoms with Gasteiger partial charge in [-0.2, -0.15) is 0 Å². The van der Waals surface area contributed by atoms with Crippen LogP contribution in [0.15, 0.2) is 18.3 Å². The Bertz CT molecular complexity index is 424. The van der Waals surface area contributed by atoms with Crippen molar-refractivity contribution < 1.29 is 14.7 Å². The van der Waals surface area contributed by atoms with E-state index in [2.05, 4.69) is 10.3 Å². The molecule has 2 N–H and O–H groups in total. The van der Waals surface area contributed by atoms with Gasteiger partial charge in [-0.05, 0) is 25.0 Å². The lowest BCUT2D eigenvalue weighted by atomic mass is 10.2. The van der Waals surface area contributed by atoms with Crippen LogP contribution in [-0.2, 0) is 4.79 Å². The van der Waals surface area contributed by atoms with E-state index in [1.807, 2.05) is 0 Å². The zero-order valence-electron chi connectivity index (χ0n) is 9.86. The molecule has 0 aromatic carbocycles. The van der Waals surface area contributed by atoms with E-state index in [1.165, 1.54) is 6.20 Å². The van der Waals surface area contributed by atoms with Gasteiger partial charge in [0, 0.05) is 19.2 Å². The van der Waals surface area contributed by atoms with Gasteiger partial charge in [-0.1, -0.05) is 18.0 Å². The molecule has 0 saturated carbocycles. The molecule has 1 heterocycles. The summed E-state index contributed by atoms with van der Waals surface area (Å²) in [6.45, 7) is 0.504. The number of pyridine rings is 1. The molecule has 0 radical (unpaired) electrons. The van der Waals surface area contributed by atoms with Crippen molar-refractivity contribution in [3.63, 3.8) is 0 Å². The van der Waals surface area contributed by atoms with E-state index >= 15 is 0 Å². The van der Waals surface area contributed by atoms with E-state index in [4.69, 9.17) is 16.7 Å². The predicted octanol–water partition coefficient (Wildman–Crippen LogP) is 2.11. The quantitative estimate of drug-likeness (QED) is 0.587. The summed E-state index contributed by atoms with van der Waals surface area (Å²) in [7, 11) is 0. The summed E-state index contributed by atoms with van der Waals surface area (Å²) in [6.07, 6.45) is 3.83. The van der Waals surface area contributed by atoms with Crippen molar-refractivity contribution in [2.45, 2.75) is 25.7 Å². The van der Waals surface area contributed by atoms with Crippen LogP contribution in [0.1, 0.15) is 36.0 Å². The molecule has 1 aromatic rings. The summed E-state index contributed by atoms with van der Waals surface area (Å²) in [5.74, 6) is -1.05. The number of hydrogen-bond donors (Lipinski definition) is 2. The molecule has 0 aliphatic rings. The number of nitrogens with zero attached hydrogens (tertiary/aromatic N) is 1. The molecule has 0 atom stereocenters. The third-order valence-electron chi connectivity index (χ3n) is 2.36. The first-order chi connectivity index (χ1) is 8.61. The van der Waals surface area contributed by atoms with Crippen molar-refractivity contribution in [2.24, 2.45) is 0 Å². The fraction of sp³-hybridized carbons (Fsp3) is 0.417. The van der Waals surface area contributed by atoms with Crippen LogP contribution in [-0.4, -0.2) is 28.5 Å². The summed E-state index contributed by atoms with van der Waals surface area (Å²) < 4.78 is 0. The van der Waals surface area contributed by atoms with Crippen LogP contribution in [0.5, 0.6) is 0 Å². The zero-order valence-corrected chi connectivity index (χ0v) is 10.6. The molecule has 0 bridgehead atoms. The number of carbonyl (C=O) groups is 2. The molecule has 0 unspecified atom stereocenters. The van der Waals surface area contributed by atoms with Crippen LogP contribution < -0.4 is 5.32 Å². The minimum Gasteiger partial charge on any atom is -0.481 e. The number of aromatic nitrogens is 1. The highest BCUT2D eigenvalue weighted by Crippen LogP contribution is 2.10. The van der Waals surface area contributed by atoms with Gasteiger partial charge < -0.3 is 10.4 Å². The lowest BCUT2D eigenvalue weighted by Gasteiger charge is -2.05. The van der Waals surface area contributed by atoms with Gasteiger partial charge in [0.15, 0.2) is 0 Å². The highest BCUT2D eigenvalue weighted by atomic mass is 35.5. The van der Waals surface area contributed by atoms with Crippen molar-refractivity contribution in [3.8, 4) is 0 Å². The zero-order chi connectivity index (χ0) is 13.4. The minimum atomic E-state index is -0.791. The minimum absolute atomic E-state index is 0.169. The Morgan fingerprint density at radius 2 is 2.11 bits per heavy atom. The van der Waals surface area contributed by atoms with Gasteiger partial charge in [-0.3, -0.25) is 9.59 Å². The number of aliphatic carboxylic acids is 1. The lowest BCUT2D eigenvalue weighted by molar-refractivity contribution is -0.137. The van der Waals surface area contributed by atoms with Gasteiger partial charge in [-0.15, -0.1) is 0 Å². The van der Waals surface area contributed by atoms with E-state index < -0.39 is 5.97 Å². The van der Waals surface area contributed by atoms with Crippen molar-refractivity contribution >= 4 is 23.5 Å². The number of halogens is 1.